The molecule has 1 saturated heterocycles. The minimum Gasteiger partial charge on any atom is -0.369 e. The third kappa shape index (κ3) is 3.44. The van der Waals surface area contributed by atoms with Gasteiger partial charge in [0.05, 0.1) is 5.56 Å². The molecule has 0 bridgehead atoms. The van der Waals surface area contributed by atoms with Crippen LogP contribution in [0.2, 0.25) is 0 Å². The molecule has 0 spiro atoms. The lowest BCUT2D eigenvalue weighted by Gasteiger charge is -2.29. The smallest absolute Gasteiger partial charge is 0.369 e. The average molecular weight is 337 g/mol. The Hall–Kier alpha value is -2.31. The van der Waals surface area contributed by atoms with Gasteiger partial charge in [-0.1, -0.05) is 6.07 Å². The summed E-state index contributed by atoms with van der Waals surface area (Å²) in [7, 11) is 1.79. The molecular formula is C17H18F3N3O. The molecule has 1 N–H and O–H groups in total. The van der Waals surface area contributed by atoms with Gasteiger partial charge in [-0.15, -0.1) is 0 Å². The van der Waals surface area contributed by atoms with Crippen molar-refractivity contribution in [3.8, 4) is 0 Å². The van der Waals surface area contributed by atoms with Crippen LogP contribution in [0, 0.1) is 5.92 Å². The highest BCUT2D eigenvalue weighted by molar-refractivity contribution is 5.92. The van der Waals surface area contributed by atoms with Crippen molar-refractivity contribution in [1.82, 2.24) is 9.88 Å². The van der Waals surface area contributed by atoms with E-state index in [-0.39, 0.29) is 11.8 Å². The predicted octanol–water partition coefficient (Wildman–Crippen LogP) is 3.53. The number of carbonyl (C=O) groups is 1. The molecule has 4 nitrogen and oxygen atoms in total. The van der Waals surface area contributed by atoms with Crippen LogP contribution in [0.5, 0.6) is 0 Å². The van der Waals surface area contributed by atoms with E-state index >= 15 is 0 Å². The molecule has 1 fully saturated rings. The summed E-state index contributed by atoms with van der Waals surface area (Å²) in [6, 6.07) is 5.19. The maximum atomic E-state index is 12.8. The van der Waals surface area contributed by atoms with E-state index in [9.17, 15) is 18.0 Å². The van der Waals surface area contributed by atoms with Gasteiger partial charge in [0.2, 0.25) is 5.91 Å². The van der Waals surface area contributed by atoms with Crippen LogP contribution in [0.4, 0.5) is 19.0 Å². The highest BCUT2D eigenvalue weighted by Crippen LogP contribution is 2.32. The zero-order chi connectivity index (χ0) is 17.3. The van der Waals surface area contributed by atoms with E-state index in [1.807, 2.05) is 0 Å². The normalized spacial score (nSPS) is 18.9. The summed E-state index contributed by atoms with van der Waals surface area (Å²) in [6.45, 7) is 1.30. The second kappa shape index (κ2) is 6.30. The number of alkyl halides is 3. The van der Waals surface area contributed by atoms with Crippen LogP contribution in [0.15, 0.2) is 30.5 Å². The first-order valence-corrected chi connectivity index (χ1v) is 7.78. The number of hydrogen-bond acceptors (Lipinski definition) is 3. The zero-order valence-electron chi connectivity index (χ0n) is 13.2. The third-order valence-electron chi connectivity index (χ3n) is 4.41. The lowest BCUT2D eigenvalue weighted by molar-refractivity contribution is -0.137. The van der Waals surface area contributed by atoms with Crippen molar-refractivity contribution in [2.75, 3.05) is 25.5 Å². The first kappa shape index (κ1) is 16.5. The van der Waals surface area contributed by atoms with Crippen molar-refractivity contribution in [2.24, 2.45) is 5.92 Å². The van der Waals surface area contributed by atoms with Gasteiger partial charge in [0.15, 0.2) is 0 Å². The number of halogens is 3. The molecule has 128 valence electrons. The van der Waals surface area contributed by atoms with Crippen LogP contribution in [0.3, 0.4) is 0 Å². The van der Waals surface area contributed by atoms with Crippen molar-refractivity contribution in [3.05, 3.63) is 36.0 Å². The Morgan fingerprint density at radius 1 is 1.33 bits per heavy atom. The molecule has 1 aliphatic rings. The number of amides is 1. The van der Waals surface area contributed by atoms with Gasteiger partial charge in [-0.05, 0) is 35.9 Å². The van der Waals surface area contributed by atoms with Crippen LogP contribution in [-0.2, 0) is 11.0 Å². The number of nitrogens with one attached hydrogen (secondary N) is 1. The fourth-order valence-corrected chi connectivity index (χ4v) is 2.92. The molecule has 24 heavy (non-hydrogen) atoms. The number of anilines is 1. The Bertz CT molecular complexity index is 760. The number of carbonyl (C=O) groups excluding carboxylic acids is 1. The third-order valence-corrected chi connectivity index (χ3v) is 4.41. The van der Waals surface area contributed by atoms with Gasteiger partial charge in [0.25, 0.3) is 0 Å². The van der Waals surface area contributed by atoms with Gasteiger partial charge >= 0.3 is 6.18 Å². The monoisotopic (exact) mass is 337 g/mol. The molecule has 1 amide bonds. The van der Waals surface area contributed by atoms with Gasteiger partial charge < -0.3 is 10.2 Å². The number of rotatable bonds is 3. The second-order valence-electron chi connectivity index (χ2n) is 6.15. The highest BCUT2D eigenvalue weighted by atomic mass is 19.4. The van der Waals surface area contributed by atoms with E-state index in [2.05, 4.69) is 10.3 Å². The van der Waals surface area contributed by atoms with Gasteiger partial charge in [0.1, 0.15) is 5.82 Å². The van der Waals surface area contributed by atoms with E-state index < -0.39 is 11.7 Å². The minimum absolute atomic E-state index is 0.119. The quantitative estimate of drug-likeness (QED) is 0.932. The molecule has 1 atom stereocenters. The van der Waals surface area contributed by atoms with Crippen molar-refractivity contribution in [2.45, 2.75) is 19.0 Å². The zero-order valence-corrected chi connectivity index (χ0v) is 13.2. The summed E-state index contributed by atoms with van der Waals surface area (Å²) >= 11 is 0. The standard InChI is InChI=1S/C17H18F3N3O/c1-23-7-5-11(8-15(23)24)10-22-16-14-3-2-13(17(18,19)20)9-12(14)4-6-21-16/h2-4,6,9,11H,5,7-8,10H2,1H3,(H,21,22)/t11-/m0/s1. The molecule has 2 aromatic rings. The van der Waals surface area contributed by atoms with E-state index in [0.717, 1.165) is 25.1 Å². The molecule has 7 heteroatoms. The minimum atomic E-state index is -4.36. The predicted molar refractivity (Wildman–Crippen MR) is 85.6 cm³/mol. The molecule has 2 heterocycles. The molecule has 3 rings (SSSR count). The molecule has 0 unspecified atom stereocenters. The van der Waals surface area contributed by atoms with E-state index in [1.165, 1.54) is 12.3 Å². The van der Waals surface area contributed by atoms with E-state index in [4.69, 9.17) is 0 Å². The lowest BCUT2D eigenvalue weighted by atomic mass is 9.96. The molecule has 1 aliphatic heterocycles. The number of aromatic nitrogens is 1. The van der Waals surface area contributed by atoms with Crippen molar-refractivity contribution < 1.29 is 18.0 Å². The van der Waals surface area contributed by atoms with Crippen molar-refractivity contribution in [3.63, 3.8) is 0 Å². The van der Waals surface area contributed by atoms with Gasteiger partial charge in [-0.25, -0.2) is 4.98 Å². The second-order valence-corrected chi connectivity index (χ2v) is 6.15. The summed E-state index contributed by atoms with van der Waals surface area (Å²) in [5.74, 6) is 0.876. The number of benzene rings is 1. The van der Waals surface area contributed by atoms with Crippen LogP contribution in [-0.4, -0.2) is 35.9 Å². The lowest BCUT2D eigenvalue weighted by Crippen LogP contribution is -2.37. The number of fused-ring (bicyclic) bond motifs is 1. The van der Waals surface area contributed by atoms with Gasteiger partial charge in [0, 0.05) is 38.1 Å². The first-order valence-electron chi connectivity index (χ1n) is 7.78. The first-order chi connectivity index (χ1) is 11.3. The summed E-state index contributed by atoms with van der Waals surface area (Å²) in [5, 5.41) is 4.32. The molecular weight excluding hydrogens is 319 g/mol. The Labute approximate surface area is 137 Å². The molecule has 1 aromatic carbocycles. The number of piperidine rings is 1. The fraction of sp³-hybridized carbons (Fsp3) is 0.412. The Kier molecular flexibility index (Phi) is 4.34. The number of likely N-dealkylation sites (tertiary alicyclic amines) is 1. The SMILES string of the molecule is CN1CC[C@H](CNc2nccc3cc(C(F)(F)F)ccc23)CC1=O. The summed E-state index contributed by atoms with van der Waals surface area (Å²) in [6.07, 6.45) is -1.49. The maximum Gasteiger partial charge on any atom is 0.416 e. The number of pyridine rings is 1. The summed E-state index contributed by atoms with van der Waals surface area (Å²) in [4.78, 5) is 17.7. The van der Waals surface area contributed by atoms with Crippen molar-refractivity contribution in [1.29, 1.82) is 0 Å². The Balaban J connectivity index is 1.76. The summed E-state index contributed by atoms with van der Waals surface area (Å²) < 4.78 is 38.4. The van der Waals surface area contributed by atoms with Crippen LogP contribution < -0.4 is 5.32 Å². The van der Waals surface area contributed by atoms with Gasteiger partial charge in [-0.2, -0.15) is 13.2 Å². The van der Waals surface area contributed by atoms with Crippen LogP contribution in [0.25, 0.3) is 10.8 Å². The maximum absolute atomic E-state index is 12.8. The van der Waals surface area contributed by atoms with Gasteiger partial charge in [-0.3, -0.25) is 4.79 Å². The molecule has 1 aromatic heterocycles. The van der Waals surface area contributed by atoms with E-state index in [0.29, 0.717) is 29.6 Å². The Morgan fingerprint density at radius 3 is 2.83 bits per heavy atom. The number of nitrogens with zero attached hydrogens (tertiary/aromatic N) is 2. The van der Waals surface area contributed by atoms with E-state index in [1.54, 1.807) is 18.0 Å². The highest BCUT2D eigenvalue weighted by Gasteiger charge is 2.30. The van der Waals surface area contributed by atoms with Crippen LogP contribution >= 0.6 is 0 Å². The van der Waals surface area contributed by atoms with Crippen LogP contribution in [0.1, 0.15) is 18.4 Å². The molecule has 0 saturated carbocycles. The molecule has 0 aliphatic carbocycles. The molecule has 0 radical (unpaired) electrons. The number of hydrogen-bond donors (Lipinski definition) is 1. The Morgan fingerprint density at radius 2 is 2.12 bits per heavy atom. The topological polar surface area (TPSA) is 45.2 Å². The van der Waals surface area contributed by atoms with Crippen molar-refractivity contribution >= 4 is 22.5 Å². The average Bonchev–Trinajstić information content (AvgIpc) is 2.54. The fourth-order valence-electron chi connectivity index (χ4n) is 2.92. The summed E-state index contributed by atoms with van der Waals surface area (Å²) in [5.41, 5.74) is -0.673. The largest absolute Gasteiger partial charge is 0.416 e.